The van der Waals surface area contributed by atoms with Gasteiger partial charge in [0, 0.05) is 33.0 Å². The minimum absolute atomic E-state index is 0.190. The first kappa shape index (κ1) is 30.5. The van der Waals surface area contributed by atoms with E-state index < -0.39 is 0 Å². The average Bonchev–Trinajstić information content (AvgIpc) is 3.60. The van der Waals surface area contributed by atoms with E-state index in [1.54, 1.807) is 6.08 Å². The maximum atomic E-state index is 8.79. The van der Waals surface area contributed by atoms with Crippen molar-refractivity contribution in [2.24, 2.45) is 0 Å². The Morgan fingerprint density at radius 3 is 1.64 bits per heavy atom. The van der Waals surface area contributed by atoms with Gasteiger partial charge in [-0.05, 0) is 93.2 Å². The van der Waals surface area contributed by atoms with E-state index in [0.29, 0.717) is 17.5 Å². The summed E-state index contributed by atoms with van der Waals surface area (Å²) >= 11 is 0. The van der Waals surface area contributed by atoms with Gasteiger partial charge in [0.1, 0.15) is 11.2 Å². The first-order valence-electron chi connectivity index (χ1n) is 17.4. The number of nitrogens with zero attached hydrogens (tertiary/aromatic N) is 3. The molecule has 0 unspecified atom stereocenters. The molecule has 0 aliphatic heterocycles. The fourth-order valence-electron chi connectivity index (χ4n) is 7.26. The molecule has 0 bridgehead atoms. The largest absolute Gasteiger partial charge is 0.456 e. The highest BCUT2D eigenvalue weighted by atomic mass is 16.3. The third-order valence-electron chi connectivity index (χ3n) is 9.94. The first-order valence-corrected chi connectivity index (χ1v) is 17.4. The van der Waals surface area contributed by atoms with Crippen LogP contribution in [0.25, 0.3) is 95.2 Å². The van der Waals surface area contributed by atoms with Gasteiger partial charge in [-0.3, -0.25) is 10.8 Å². The number of benzene rings is 7. The summed E-state index contributed by atoms with van der Waals surface area (Å²) in [6.07, 6.45) is 3.58. The lowest BCUT2D eigenvalue weighted by Gasteiger charge is -2.16. The van der Waals surface area contributed by atoms with Gasteiger partial charge in [0.05, 0.1) is 11.4 Å². The molecule has 6 heteroatoms. The van der Waals surface area contributed by atoms with Gasteiger partial charge in [0.15, 0.2) is 17.5 Å². The van der Waals surface area contributed by atoms with E-state index in [9.17, 15) is 0 Å². The maximum Gasteiger partial charge on any atom is 0.164 e. The fraction of sp³-hybridized carbons (Fsp3) is 0. The summed E-state index contributed by atoms with van der Waals surface area (Å²) in [5.74, 6) is 1.60. The molecule has 9 aromatic rings. The molecule has 2 N–H and O–H groups in total. The summed E-state index contributed by atoms with van der Waals surface area (Å²) in [4.78, 5) is 15.5. The zero-order valence-corrected chi connectivity index (χ0v) is 28.3. The second-order valence-electron chi connectivity index (χ2n) is 13.2. The molecule has 1 aliphatic rings. The van der Waals surface area contributed by atoms with Crippen molar-refractivity contribution in [1.29, 1.82) is 10.8 Å². The zero-order valence-electron chi connectivity index (χ0n) is 28.3. The van der Waals surface area contributed by atoms with Crippen LogP contribution in [-0.2, 0) is 0 Å². The Bertz CT molecular complexity index is 2920. The van der Waals surface area contributed by atoms with Crippen LogP contribution in [0.5, 0.6) is 0 Å². The van der Waals surface area contributed by atoms with Crippen molar-refractivity contribution in [2.45, 2.75) is 0 Å². The molecule has 0 radical (unpaired) electrons. The van der Waals surface area contributed by atoms with Gasteiger partial charge in [0.2, 0.25) is 0 Å². The molecule has 1 aliphatic carbocycles. The molecule has 0 spiro atoms. The third kappa shape index (κ3) is 5.32. The van der Waals surface area contributed by atoms with Crippen molar-refractivity contribution in [3.8, 4) is 56.4 Å². The van der Waals surface area contributed by atoms with Gasteiger partial charge < -0.3 is 4.42 Å². The molecule has 0 saturated carbocycles. The summed E-state index contributed by atoms with van der Waals surface area (Å²) in [5, 5.41) is 21.0. The van der Waals surface area contributed by atoms with Crippen LogP contribution in [0.1, 0.15) is 11.1 Å². The second-order valence-corrected chi connectivity index (χ2v) is 13.2. The van der Waals surface area contributed by atoms with E-state index in [4.69, 9.17) is 30.2 Å². The number of fused-ring (bicyclic) bond motifs is 6. The lowest BCUT2D eigenvalue weighted by atomic mass is 9.88. The Morgan fingerprint density at radius 2 is 0.943 bits per heavy atom. The smallest absolute Gasteiger partial charge is 0.164 e. The van der Waals surface area contributed by atoms with Crippen LogP contribution >= 0.6 is 0 Å². The van der Waals surface area contributed by atoms with Gasteiger partial charge in [-0.25, -0.2) is 15.0 Å². The van der Waals surface area contributed by atoms with Crippen LogP contribution in [-0.4, -0.2) is 26.4 Å². The first-order chi connectivity index (χ1) is 26.1. The van der Waals surface area contributed by atoms with Crippen LogP contribution in [0, 0.1) is 10.8 Å². The quantitative estimate of drug-likeness (QED) is 0.189. The van der Waals surface area contributed by atoms with Gasteiger partial charge in [-0.2, -0.15) is 0 Å². The molecule has 0 atom stereocenters. The second kappa shape index (κ2) is 12.2. The van der Waals surface area contributed by atoms with Crippen LogP contribution in [0.15, 0.2) is 162 Å². The maximum absolute atomic E-state index is 8.79. The molecule has 248 valence electrons. The van der Waals surface area contributed by atoms with Gasteiger partial charge in [-0.15, -0.1) is 0 Å². The summed E-state index contributed by atoms with van der Waals surface area (Å²) in [6.45, 7) is 0. The highest BCUT2D eigenvalue weighted by Gasteiger charge is 2.20. The Kier molecular flexibility index (Phi) is 7.01. The van der Waals surface area contributed by atoms with Gasteiger partial charge in [0.25, 0.3) is 0 Å². The number of furan rings is 1. The van der Waals surface area contributed by atoms with E-state index in [1.807, 2.05) is 72.8 Å². The molecular weight excluding hydrogens is 651 g/mol. The molecule has 6 nitrogen and oxygen atoms in total. The van der Waals surface area contributed by atoms with Crippen LogP contribution in [0.3, 0.4) is 0 Å². The summed E-state index contributed by atoms with van der Waals surface area (Å²) in [5.41, 5.74) is 10.5. The highest BCUT2D eigenvalue weighted by molar-refractivity contribution is 6.53. The van der Waals surface area contributed by atoms with Crippen molar-refractivity contribution in [3.63, 3.8) is 0 Å². The Hall–Kier alpha value is -7.31. The standard InChI is InChI=1S/C47H29N5O/c48-40-21-19-31-17-15-30-16-18-32(26-38(30)43(31)44(40)49)45-50-46(33-20-22-42-39(27-33)37-13-7-8-14-41(37)53-42)52-47(51-45)36-24-34(28-9-3-1-4-10-28)23-35(25-36)29-11-5-2-6-12-29/h1-27,48-49H. The predicted octanol–water partition coefficient (Wildman–Crippen LogP) is 11.7. The van der Waals surface area contributed by atoms with Crippen LogP contribution in [0.2, 0.25) is 0 Å². The highest BCUT2D eigenvalue weighted by Crippen LogP contribution is 2.36. The van der Waals surface area contributed by atoms with Gasteiger partial charge in [-0.1, -0.05) is 109 Å². The number of hydrogen-bond acceptors (Lipinski definition) is 6. The Morgan fingerprint density at radius 1 is 0.396 bits per heavy atom. The van der Waals surface area contributed by atoms with E-state index in [2.05, 4.69) is 84.9 Å². The molecule has 2 aromatic heterocycles. The topological polar surface area (TPSA) is 99.5 Å². The van der Waals surface area contributed by atoms with Crippen molar-refractivity contribution in [2.75, 3.05) is 0 Å². The third-order valence-corrected chi connectivity index (χ3v) is 9.94. The summed E-state index contributed by atoms with van der Waals surface area (Å²) in [7, 11) is 0. The number of allylic oxidation sites excluding steroid dienone is 1. The lowest BCUT2D eigenvalue weighted by Crippen LogP contribution is -2.16. The van der Waals surface area contributed by atoms with E-state index >= 15 is 0 Å². The molecule has 53 heavy (non-hydrogen) atoms. The number of hydrogen-bond donors (Lipinski definition) is 2. The van der Waals surface area contributed by atoms with Crippen LogP contribution < -0.4 is 0 Å². The number of aromatic nitrogens is 3. The molecule has 2 heterocycles. The number of para-hydroxylation sites is 1. The minimum Gasteiger partial charge on any atom is -0.456 e. The van der Waals surface area contributed by atoms with E-state index in [1.165, 1.54) is 0 Å². The van der Waals surface area contributed by atoms with E-state index in [-0.39, 0.29) is 11.4 Å². The van der Waals surface area contributed by atoms with Crippen molar-refractivity contribution in [1.82, 2.24) is 15.0 Å². The lowest BCUT2D eigenvalue weighted by molar-refractivity contribution is 0.669. The normalized spacial score (nSPS) is 12.5. The summed E-state index contributed by atoms with van der Waals surface area (Å²) in [6, 6.07) is 51.5. The van der Waals surface area contributed by atoms with Gasteiger partial charge >= 0.3 is 0 Å². The predicted molar refractivity (Wildman–Crippen MR) is 215 cm³/mol. The molecule has 0 fully saturated rings. The minimum atomic E-state index is 0.190. The monoisotopic (exact) mass is 679 g/mol. The Labute approximate surface area is 304 Å². The molecule has 0 amide bonds. The molecule has 10 rings (SSSR count). The number of rotatable bonds is 5. The molecule has 0 saturated heterocycles. The SMILES string of the molecule is N=C1C=Cc2ccc3ccc(-c4nc(-c5cc(-c6ccccc6)cc(-c6ccccc6)c5)nc(-c5ccc6oc7ccccc7c6c5)n4)cc3c2C1=N. The summed E-state index contributed by atoms with van der Waals surface area (Å²) < 4.78 is 6.15. The average molecular weight is 680 g/mol. The van der Waals surface area contributed by atoms with E-state index in [0.717, 1.165) is 82.8 Å². The molecule has 7 aromatic carbocycles. The van der Waals surface area contributed by atoms with Crippen molar-refractivity contribution in [3.05, 3.63) is 169 Å². The molecular formula is C47H29N5O. The number of nitrogens with one attached hydrogen (secondary N) is 2. The van der Waals surface area contributed by atoms with Crippen LogP contribution in [0.4, 0.5) is 0 Å². The fourth-order valence-corrected chi connectivity index (χ4v) is 7.26. The van der Waals surface area contributed by atoms with Crippen molar-refractivity contribution >= 4 is 50.2 Å². The zero-order chi connectivity index (χ0) is 35.5. The Balaban J connectivity index is 1.22. The van der Waals surface area contributed by atoms with Crippen molar-refractivity contribution < 1.29 is 4.42 Å².